The predicted octanol–water partition coefficient (Wildman–Crippen LogP) is 5.87. The molecule has 1 heterocycles. The van der Waals surface area contributed by atoms with Gasteiger partial charge in [-0.3, -0.25) is 4.99 Å². The molecule has 4 heteroatoms. The average molecular weight is 354 g/mol. The number of hydrogen-bond donors (Lipinski definition) is 2. The highest BCUT2D eigenvalue weighted by Gasteiger charge is 2.39. The van der Waals surface area contributed by atoms with Gasteiger partial charge in [0.15, 0.2) is 0 Å². The molecule has 0 bridgehead atoms. The topological polar surface area (TPSA) is 36.4 Å². The lowest BCUT2D eigenvalue weighted by atomic mass is 9.86. The van der Waals surface area contributed by atoms with Gasteiger partial charge in [0.25, 0.3) is 0 Å². The molecule has 0 atom stereocenters. The van der Waals surface area contributed by atoms with Gasteiger partial charge in [-0.25, -0.2) is 0 Å². The number of halogens is 1. The first-order valence-corrected chi connectivity index (χ1v) is 9.57. The third kappa shape index (κ3) is 3.52. The van der Waals surface area contributed by atoms with Crippen LogP contribution in [0.2, 0.25) is 5.02 Å². The molecule has 25 heavy (non-hydrogen) atoms. The quantitative estimate of drug-likeness (QED) is 0.708. The first-order valence-electron chi connectivity index (χ1n) is 9.19. The number of nitrogens with zero attached hydrogens (tertiary/aromatic N) is 1. The molecular weight excluding hydrogens is 330 g/mol. The minimum atomic E-state index is -0.0583. The van der Waals surface area contributed by atoms with E-state index in [0.717, 1.165) is 29.4 Å². The molecule has 0 unspecified atom stereocenters. The molecular formula is C21H24ClN3. The van der Waals surface area contributed by atoms with Crippen molar-refractivity contribution in [1.29, 1.82) is 0 Å². The van der Waals surface area contributed by atoms with Crippen LogP contribution in [0, 0.1) is 0 Å². The highest BCUT2D eigenvalue weighted by molar-refractivity contribution is 6.30. The highest BCUT2D eigenvalue weighted by atomic mass is 35.5. The Labute approximate surface area is 154 Å². The van der Waals surface area contributed by atoms with Crippen molar-refractivity contribution in [2.75, 3.05) is 10.6 Å². The lowest BCUT2D eigenvalue weighted by Crippen LogP contribution is -2.52. The molecule has 1 aliphatic carbocycles. The van der Waals surface area contributed by atoms with Crippen LogP contribution in [-0.4, -0.2) is 11.4 Å². The number of rotatable bonds is 2. The second-order valence-electron chi connectivity index (χ2n) is 7.08. The summed E-state index contributed by atoms with van der Waals surface area (Å²) in [7, 11) is 0. The van der Waals surface area contributed by atoms with E-state index in [0.29, 0.717) is 6.54 Å². The standard InChI is InChI=1S/C21H24ClN3/c22-17-11-9-16(10-12-17)15-23-20-21(13-5-1-2-6-14-21)25-19-8-4-3-7-18(19)24-20/h3-4,7-12,25H,1-2,5-6,13-15H2,(H,23,24). The van der Waals surface area contributed by atoms with Gasteiger partial charge in [-0.1, -0.05) is 61.5 Å². The van der Waals surface area contributed by atoms with Crippen LogP contribution in [0.3, 0.4) is 0 Å². The Hall–Kier alpha value is -2.00. The van der Waals surface area contributed by atoms with Gasteiger partial charge in [-0.15, -0.1) is 0 Å². The summed E-state index contributed by atoms with van der Waals surface area (Å²) in [5, 5.41) is 8.23. The van der Waals surface area contributed by atoms with Crippen molar-refractivity contribution in [3.63, 3.8) is 0 Å². The largest absolute Gasteiger partial charge is 0.371 e. The van der Waals surface area contributed by atoms with Gasteiger partial charge in [-0.2, -0.15) is 0 Å². The van der Waals surface area contributed by atoms with Crippen molar-refractivity contribution < 1.29 is 0 Å². The number of para-hydroxylation sites is 2. The maximum Gasteiger partial charge on any atom is 0.127 e. The fourth-order valence-corrected chi connectivity index (χ4v) is 4.04. The summed E-state index contributed by atoms with van der Waals surface area (Å²) < 4.78 is 0. The van der Waals surface area contributed by atoms with Crippen LogP contribution >= 0.6 is 11.6 Å². The average Bonchev–Trinajstić information content (AvgIpc) is 2.87. The number of amidine groups is 1. The molecule has 4 rings (SSSR count). The van der Waals surface area contributed by atoms with Crippen LogP contribution in [0.4, 0.5) is 11.4 Å². The smallest absolute Gasteiger partial charge is 0.127 e. The lowest BCUT2D eigenvalue weighted by molar-refractivity contribution is 0.524. The van der Waals surface area contributed by atoms with Crippen molar-refractivity contribution in [3.8, 4) is 0 Å². The van der Waals surface area contributed by atoms with Crippen molar-refractivity contribution in [2.24, 2.45) is 4.99 Å². The van der Waals surface area contributed by atoms with Gasteiger partial charge in [0.05, 0.1) is 23.5 Å². The van der Waals surface area contributed by atoms with Crippen molar-refractivity contribution in [2.45, 2.75) is 50.6 Å². The van der Waals surface area contributed by atoms with E-state index in [1.54, 1.807) is 0 Å². The molecule has 2 aromatic carbocycles. The fourth-order valence-electron chi connectivity index (χ4n) is 3.91. The number of anilines is 2. The van der Waals surface area contributed by atoms with Crippen molar-refractivity contribution >= 4 is 28.8 Å². The van der Waals surface area contributed by atoms with Crippen LogP contribution in [0.25, 0.3) is 0 Å². The van der Waals surface area contributed by atoms with E-state index in [4.69, 9.17) is 16.6 Å². The Kier molecular flexibility index (Phi) is 4.67. The monoisotopic (exact) mass is 353 g/mol. The zero-order valence-electron chi connectivity index (χ0n) is 14.4. The summed E-state index contributed by atoms with van der Waals surface area (Å²) >= 11 is 5.99. The third-order valence-electron chi connectivity index (χ3n) is 5.30. The van der Waals surface area contributed by atoms with Crippen LogP contribution in [-0.2, 0) is 6.54 Å². The first-order chi connectivity index (χ1) is 12.3. The third-order valence-corrected chi connectivity index (χ3v) is 5.55. The SMILES string of the molecule is Clc1ccc(CN=C2Nc3ccccc3NC23CCCCCC3)cc1. The molecule has 2 aromatic rings. The molecule has 1 aliphatic heterocycles. The molecule has 0 aromatic heterocycles. The van der Waals surface area contributed by atoms with Crippen molar-refractivity contribution in [1.82, 2.24) is 0 Å². The lowest BCUT2D eigenvalue weighted by Gasteiger charge is -2.41. The number of benzene rings is 2. The Morgan fingerprint density at radius 1 is 0.880 bits per heavy atom. The molecule has 0 saturated heterocycles. The van der Waals surface area contributed by atoms with Gasteiger partial charge >= 0.3 is 0 Å². The van der Waals surface area contributed by atoms with E-state index in [9.17, 15) is 0 Å². The van der Waals surface area contributed by atoms with Gasteiger partial charge in [0.1, 0.15) is 5.84 Å². The maximum absolute atomic E-state index is 5.99. The molecule has 0 radical (unpaired) electrons. The van der Waals surface area contributed by atoms with Gasteiger partial charge < -0.3 is 10.6 Å². The number of fused-ring (bicyclic) bond motifs is 1. The summed E-state index contributed by atoms with van der Waals surface area (Å²) in [4.78, 5) is 5.00. The van der Waals surface area contributed by atoms with E-state index in [1.165, 1.54) is 36.9 Å². The fraction of sp³-hybridized carbons (Fsp3) is 0.381. The summed E-state index contributed by atoms with van der Waals surface area (Å²) in [6.07, 6.45) is 7.39. The normalized spacial score (nSPS) is 20.4. The minimum Gasteiger partial charge on any atom is -0.371 e. The molecule has 2 N–H and O–H groups in total. The van der Waals surface area contributed by atoms with Crippen LogP contribution in [0.15, 0.2) is 53.5 Å². The summed E-state index contributed by atoms with van der Waals surface area (Å²) in [5.74, 6) is 1.09. The van der Waals surface area contributed by atoms with E-state index < -0.39 is 0 Å². The van der Waals surface area contributed by atoms with Gasteiger partial charge in [0.2, 0.25) is 0 Å². The zero-order valence-corrected chi connectivity index (χ0v) is 15.1. The number of nitrogens with one attached hydrogen (secondary N) is 2. The Morgan fingerprint density at radius 2 is 1.56 bits per heavy atom. The molecule has 2 aliphatic rings. The number of hydrogen-bond acceptors (Lipinski definition) is 2. The molecule has 1 spiro atoms. The summed E-state index contributed by atoms with van der Waals surface area (Å²) in [6.45, 7) is 0.672. The van der Waals surface area contributed by atoms with Crippen molar-refractivity contribution in [3.05, 3.63) is 59.1 Å². The predicted molar refractivity (Wildman–Crippen MR) is 107 cm³/mol. The maximum atomic E-state index is 5.99. The highest BCUT2D eigenvalue weighted by Crippen LogP contribution is 2.38. The molecule has 3 nitrogen and oxygen atoms in total. The Bertz CT molecular complexity index is 759. The summed E-state index contributed by atoms with van der Waals surface area (Å²) in [6, 6.07) is 16.4. The molecule has 130 valence electrons. The first kappa shape index (κ1) is 16.5. The van der Waals surface area contributed by atoms with Crippen LogP contribution in [0.5, 0.6) is 0 Å². The van der Waals surface area contributed by atoms with E-state index in [-0.39, 0.29) is 5.54 Å². The second kappa shape index (κ2) is 7.09. The molecule has 1 saturated carbocycles. The van der Waals surface area contributed by atoms with E-state index in [2.05, 4.69) is 47.0 Å². The van der Waals surface area contributed by atoms with Gasteiger partial charge in [0, 0.05) is 5.02 Å². The second-order valence-corrected chi connectivity index (χ2v) is 7.52. The zero-order chi connectivity index (χ0) is 17.1. The van der Waals surface area contributed by atoms with Crippen LogP contribution in [0.1, 0.15) is 44.1 Å². The number of aliphatic imine (C=N–C) groups is 1. The Morgan fingerprint density at radius 3 is 2.28 bits per heavy atom. The summed E-state index contributed by atoms with van der Waals surface area (Å²) in [5.41, 5.74) is 3.43. The van der Waals surface area contributed by atoms with E-state index in [1.807, 2.05) is 12.1 Å². The van der Waals surface area contributed by atoms with Crippen LogP contribution < -0.4 is 10.6 Å². The Balaban J connectivity index is 1.66. The molecule has 1 fully saturated rings. The molecule has 0 amide bonds. The van der Waals surface area contributed by atoms with E-state index >= 15 is 0 Å². The van der Waals surface area contributed by atoms with Gasteiger partial charge in [-0.05, 0) is 42.7 Å². The minimum absolute atomic E-state index is 0.0583.